The molecule has 24 heavy (non-hydrogen) atoms. The van der Waals surface area contributed by atoms with E-state index in [1.54, 1.807) is 11.1 Å². The van der Waals surface area contributed by atoms with Crippen LogP contribution < -0.4 is 4.90 Å². The van der Waals surface area contributed by atoms with Crippen LogP contribution in [0.4, 0.5) is 11.4 Å². The van der Waals surface area contributed by atoms with Gasteiger partial charge in [0.1, 0.15) is 5.69 Å². The summed E-state index contributed by atoms with van der Waals surface area (Å²) in [4.78, 5) is 20.7. The molecule has 2 aromatic rings. The van der Waals surface area contributed by atoms with Crippen molar-refractivity contribution < 1.29 is 4.79 Å². The third kappa shape index (κ3) is 4.34. The van der Waals surface area contributed by atoms with E-state index in [2.05, 4.69) is 54.9 Å². The lowest BCUT2D eigenvalue weighted by Crippen LogP contribution is -2.28. The lowest BCUT2D eigenvalue weighted by Gasteiger charge is -2.23. The summed E-state index contributed by atoms with van der Waals surface area (Å²) in [6.07, 6.45) is 3.87. The molecular weight excluding hydrogens is 298 g/mol. The molecule has 2 rings (SSSR count). The van der Waals surface area contributed by atoms with Crippen molar-refractivity contribution in [2.75, 3.05) is 25.0 Å². The average molecular weight is 325 g/mol. The van der Waals surface area contributed by atoms with Crippen LogP contribution in [0.15, 0.2) is 42.6 Å². The zero-order valence-corrected chi connectivity index (χ0v) is 15.1. The Morgan fingerprint density at radius 3 is 2.50 bits per heavy atom. The Morgan fingerprint density at radius 1 is 1.12 bits per heavy atom. The van der Waals surface area contributed by atoms with E-state index in [1.165, 1.54) is 5.56 Å². The van der Waals surface area contributed by atoms with Crippen LogP contribution in [0.1, 0.15) is 42.7 Å². The lowest BCUT2D eigenvalue weighted by molar-refractivity contribution is 0.0787. The topological polar surface area (TPSA) is 36.4 Å². The van der Waals surface area contributed by atoms with Crippen LogP contribution in [0.25, 0.3) is 0 Å². The van der Waals surface area contributed by atoms with Crippen LogP contribution in [0.5, 0.6) is 0 Å². The summed E-state index contributed by atoms with van der Waals surface area (Å²) in [5.74, 6) is -0.0198. The normalized spacial score (nSPS) is 10.5. The SMILES string of the molecule is CCCCN(C)C(=O)c1ccc(N(CC)c2cccc(C)c2)cn1. The Bertz CT molecular complexity index is 667. The first-order chi connectivity index (χ1) is 11.6. The number of anilines is 2. The van der Waals surface area contributed by atoms with E-state index in [1.807, 2.05) is 19.2 Å². The van der Waals surface area contributed by atoms with Gasteiger partial charge in [-0.3, -0.25) is 4.79 Å². The molecule has 0 aliphatic carbocycles. The van der Waals surface area contributed by atoms with Gasteiger partial charge in [-0.25, -0.2) is 4.98 Å². The highest BCUT2D eigenvalue weighted by molar-refractivity contribution is 5.92. The first kappa shape index (κ1) is 18.0. The minimum absolute atomic E-state index is 0.0198. The number of aryl methyl sites for hydroxylation is 1. The number of aromatic nitrogens is 1. The van der Waals surface area contributed by atoms with Gasteiger partial charge in [-0.1, -0.05) is 25.5 Å². The van der Waals surface area contributed by atoms with Crippen molar-refractivity contribution in [2.24, 2.45) is 0 Å². The Morgan fingerprint density at radius 2 is 1.92 bits per heavy atom. The minimum atomic E-state index is -0.0198. The summed E-state index contributed by atoms with van der Waals surface area (Å²) in [5, 5.41) is 0. The molecule has 4 heteroatoms. The summed E-state index contributed by atoms with van der Waals surface area (Å²) >= 11 is 0. The van der Waals surface area contributed by atoms with Crippen LogP contribution in [-0.4, -0.2) is 35.9 Å². The highest BCUT2D eigenvalue weighted by Gasteiger charge is 2.14. The molecule has 0 aliphatic heterocycles. The zero-order chi connectivity index (χ0) is 17.5. The number of hydrogen-bond acceptors (Lipinski definition) is 3. The fraction of sp³-hybridized carbons (Fsp3) is 0.400. The molecule has 0 aliphatic rings. The van der Waals surface area contributed by atoms with E-state index in [4.69, 9.17) is 0 Å². The summed E-state index contributed by atoms with van der Waals surface area (Å²) in [7, 11) is 1.83. The molecule has 4 nitrogen and oxygen atoms in total. The number of unbranched alkanes of at least 4 members (excludes halogenated alkanes) is 1. The maximum Gasteiger partial charge on any atom is 0.272 e. The molecule has 0 radical (unpaired) electrons. The average Bonchev–Trinajstić information content (AvgIpc) is 2.60. The Labute approximate surface area is 145 Å². The summed E-state index contributed by atoms with van der Waals surface area (Å²) in [6.45, 7) is 7.93. The highest BCUT2D eigenvalue weighted by atomic mass is 16.2. The van der Waals surface area contributed by atoms with E-state index < -0.39 is 0 Å². The predicted molar refractivity (Wildman–Crippen MR) is 100.0 cm³/mol. The van der Waals surface area contributed by atoms with Gasteiger partial charge in [0.15, 0.2) is 0 Å². The second kappa shape index (κ2) is 8.48. The van der Waals surface area contributed by atoms with Crippen molar-refractivity contribution >= 4 is 17.3 Å². The van der Waals surface area contributed by atoms with Gasteiger partial charge in [0.25, 0.3) is 5.91 Å². The molecule has 1 amide bonds. The van der Waals surface area contributed by atoms with Gasteiger partial charge in [-0.15, -0.1) is 0 Å². The molecule has 1 aromatic heterocycles. The van der Waals surface area contributed by atoms with Crippen molar-refractivity contribution in [3.63, 3.8) is 0 Å². The lowest BCUT2D eigenvalue weighted by atomic mass is 10.2. The first-order valence-electron chi connectivity index (χ1n) is 8.62. The minimum Gasteiger partial charge on any atom is -0.341 e. The number of carbonyl (C=O) groups excluding carboxylic acids is 1. The maximum absolute atomic E-state index is 12.4. The molecule has 128 valence electrons. The molecule has 0 spiro atoms. The standard InChI is InChI=1S/C20H27N3O/c1-5-7-13-22(4)20(24)19-12-11-18(15-21-19)23(6-2)17-10-8-9-16(3)14-17/h8-12,14-15H,5-7,13H2,1-4H3. The third-order valence-corrected chi connectivity index (χ3v) is 4.10. The second-order valence-electron chi connectivity index (χ2n) is 6.07. The van der Waals surface area contributed by atoms with E-state index in [9.17, 15) is 4.79 Å². The van der Waals surface area contributed by atoms with E-state index >= 15 is 0 Å². The second-order valence-corrected chi connectivity index (χ2v) is 6.07. The molecule has 0 N–H and O–H groups in total. The predicted octanol–water partition coefficient (Wildman–Crippen LogP) is 4.42. The molecule has 0 unspecified atom stereocenters. The van der Waals surface area contributed by atoms with Gasteiger partial charge < -0.3 is 9.80 Å². The first-order valence-corrected chi connectivity index (χ1v) is 8.62. The van der Waals surface area contributed by atoms with Crippen LogP contribution >= 0.6 is 0 Å². The Hall–Kier alpha value is -2.36. The molecule has 0 bridgehead atoms. The molecule has 0 fully saturated rings. The van der Waals surface area contributed by atoms with Gasteiger partial charge in [0.2, 0.25) is 0 Å². The number of hydrogen-bond donors (Lipinski definition) is 0. The zero-order valence-electron chi connectivity index (χ0n) is 15.1. The van der Waals surface area contributed by atoms with Crippen molar-refractivity contribution in [3.8, 4) is 0 Å². The quantitative estimate of drug-likeness (QED) is 0.756. The molecule has 0 saturated carbocycles. The molecule has 0 saturated heterocycles. The van der Waals surface area contributed by atoms with Crippen LogP contribution in [0.3, 0.4) is 0 Å². The van der Waals surface area contributed by atoms with Crippen molar-refractivity contribution in [1.29, 1.82) is 0 Å². The summed E-state index contributed by atoms with van der Waals surface area (Å²) in [5.41, 5.74) is 3.86. The summed E-state index contributed by atoms with van der Waals surface area (Å²) in [6, 6.07) is 12.2. The Kier molecular flexibility index (Phi) is 6.36. The molecular formula is C20H27N3O. The molecule has 1 heterocycles. The summed E-state index contributed by atoms with van der Waals surface area (Å²) < 4.78 is 0. The third-order valence-electron chi connectivity index (χ3n) is 4.10. The van der Waals surface area contributed by atoms with E-state index in [-0.39, 0.29) is 5.91 Å². The number of pyridine rings is 1. The van der Waals surface area contributed by atoms with Crippen molar-refractivity contribution in [2.45, 2.75) is 33.6 Å². The van der Waals surface area contributed by atoms with E-state index in [0.717, 1.165) is 37.3 Å². The molecule has 1 aromatic carbocycles. The van der Waals surface area contributed by atoms with Gasteiger partial charge in [-0.05, 0) is 50.1 Å². The maximum atomic E-state index is 12.4. The largest absolute Gasteiger partial charge is 0.341 e. The molecule has 0 atom stereocenters. The number of amides is 1. The van der Waals surface area contributed by atoms with Crippen LogP contribution in [0, 0.1) is 6.92 Å². The fourth-order valence-electron chi connectivity index (χ4n) is 2.67. The van der Waals surface area contributed by atoms with Crippen molar-refractivity contribution in [3.05, 3.63) is 53.9 Å². The number of rotatable bonds is 7. The van der Waals surface area contributed by atoms with Gasteiger partial charge in [0.05, 0.1) is 11.9 Å². The Balaban J connectivity index is 2.17. The van der Waals surface area contributed by atoms with Gasteiger partial charge >= 0.3 is 0 Å². The van der Waals surface area contributed by atoms with Crippen LogP contribution in [0.2, 0.25) is 0 Å². The number of benzene rings is 1. The highest BCUT2D eigenvalue weighted by Crippen LogP contribution is 2.25. The van der Waals surface area contributed by atoms with Gasteiger partial charge in [-0.2, -0.15) is 0 Å². The number of carbonyl (C=O) groups is 1. The van der Waals surface area contributed by atoms with Crippen molar-refractivity contribution in [1.82, 2.24) is 9.88 Å². The smallest absolute Gasteiger partial charge is 0.272 e. The fourth-order valence-corrected chi connectivity index (χ4v) is 2.67. The van der Waals surface area contributed by atoms with Gasteiger partial charge in [0, 0.05) is 25.8 Å². The van der Waals surface area contributed by atoms with E-state index in [0.29, 0.717) is 5.69 Å². The number of nitrogens with zero attached hydrogens (tertiary/aromatic N) is 3. The van der Waals surface area contributed by atoms with Crippen LogP contribution in [-0.2, 0) is 0 Å². The monoisotopic (exact) mass is 325 g/mol.